The van der Waals surface area contributed by atoms with Gasteiger partial charge in [0.25, 0.3) is 5.91 Å². The molecule has 1 aliphatic heterocycles. The van der Waals surface area contributed by atoms with Gasteiger partial charge in [-0.25, -0.2) is 0 Å². The number of benzene rings is 2. The maximum atomic E-state index is 12.5. The maximum absolute atomic E-state index is 12.5. The second kappa shape index (κ2) is 7.81. The van der Waals surface area contributed by atoms with Gasteiger partial charge in [0.2, 0.25) is 0 Å². The Morgan fingerprint density at radius 1 is 0.923 bits per heavy atom. The molecular weight excluding hydrogens is 324 g/mol. The monoisotopic (exact) mass is 352 g/mol. The molecule has 0 N–H and O–H groups in total. The van der Waals surface area contributed by atoms with E-state index >= 15 is 0 Å². The largest absolute Gasteiger partial charge is 0.483 e. The summed E-state index contributed by atoms with van der Waals surface area (Å²) in [6, 6.07) is 12.7. The van der Waals surface area contributed by atoms with Crippen molar-refractivity contribution in [3.8, 4) is 5.75 Å². The van der Waals surface area contributed by atoms with Gasteiger partial charge < -0.3 is 14.5 Å². The number of ether oxygens (including phenoxy) is 1. The highest BCUT2D eigenvalue weighted by Gasteiger charge is 2.22. The van der Waals surface area contributed by atoms with Gasteiger partial charge in [0.1, 0.15) is 5.75 Å². The fourth-order valence-corrected chi connectivity index (χ4v) is 3.66. The predicted octanol–water partition coefficient (Wildman–Crippen LogP) is 3.65. The highest BCUT2D eigenvalue weighted by atomic mass is 16.5. The summed E-state index contributed by atoms with van der Waals surface area (Å²) in [6.45, 7) is 11.5. The van der Waals surface area contributed by atoms with Gasteiger partial charge >= 0.3 is 0 Å². The third kappa shape index (κ3) is 4.18. The Hall–Kier alpha value is -2.49. The summed E-state index contributed by atoms with van der Waals surface area (Å²) in [5.41, 5.74) is 5.88. The average molecular weight is 352 g/mol. The smallest absolute Gasteiger partial charge is 0.260 e. The van der Waals surface area contributed by atoms with Crippen LogP contribution in [0.4, 0.5) is 5.69 Å². The number of rotatable bonds is 4. The van der Waals surface area contributed by atoms with Crippen LogP contribution in [0.5, 0.6) is 5.75 Å². The number of nitrogens with zero attached hydrogens (tertiary/aromatic N) is 2. The minimum absolute atomic E-state index is 0.0632. The first kappa shape index (κ1) is 18.3. The lowest BCUT2D eigenvalue weighted by Crippen LogP contribution is -2.50. The van der Waals surface area contributed by atoms with E-state index in [1.54, 1.807) is 0 Å². The van der Waals surface area contributed by atoms with E-state index in [4.69, 9.17) is 4.74 Å². The molecule has 1 aliphatic rings. The summed E-state index contributed by atoms with van der Waals surface area (Å²) in [7, 11) is 0. The van der Waals surface area contributed by atoms with Crippen LogP contribution in [0, 0.1) is 27.7 Å². The first-order chi connectivity index (χ1) is 12.4. The summed E-state index contributed by atoms with van der Waals surface area (Å²) in [5, 5.41) is 0. The van der Waals surface area contributed by atoms with E-state index in [-0.39, 0.29) is 12.5 Å². The van der Waals surface area contributed by atoms with Gasteiger partial charge in [0, 0.05) is 31.9 Å². The van der Waals surface area contributed by atoms with Crippen molar-refractivity contribution in [2.45, 2.75) is 27.7 Å². The molecule has 1 saturated heterocycles. The van der Waals surface area contributed by atoms with Crippen molar-refractivity contribution in [3.63, 3.8) is 0 Å². The third-order valence-electron chi connectivity index (χ3n) is 4.94. The molecule has 2 aromatic rings. The Balaban J connectivity index is 1.54. The molecule has 4 nitrogen and oxygen atoms in total. The van der Waals surface area contributed by atoms with Crippen molar-refractivity contribution in [2.24, 2.45) is 0 Å². The number of amides is 1. The number of hydrogen-bond donors (Lipinski definition) is 0. The lowest BCUT2D eigenvalue weighted by atomic mass is 10.1. The van der Waals surface area contributed by atoms with Crippen molar-refractivity contribution in [1.29, 1.82) is 0 Å². The van der Waals surface area contributed by atoms with Gasteiger partial charge in [-0.3, -0.25) is 4.79 Å². The van der Waals surface area contributed by atoms with E-state index < -0.39 is 0 Å². The fraction of sp³-hybridized carbons (Fsp3) is 0.409. The summed E-state index contributed by atoms with van der Waals surface area (Å²) in [4.78, 5) is 16.8. The number of anilines is 1. The van der Waals surface area contributed by atoms with Crippen LogP contribution in [0.2, 0.25) is 0 Å². The van der Waals surface area contributed by atoms with Crippen molar-refractivity contribution in [3.05, 3.63) is 58.7 Å². The molecule has 26 heavy (non-hydrogen) atoms. The molecule has 0 aliphatic carbocycles. The van der Waals surface area contributed by atoms with Crippen molar-refractivity contribution < 1.29 is 9.53 Å². The highest BCUT2D eigenvalue weighted by Crippen LogP contribution is 2.24. The Kier molecular flexibility index (Phi) is 5.50. The van der Waals surface area contributed by atoms with Crippen molar-refractivity contribution >= 4 is 11.6 Å². The van der Waals surface area contributed by atoms with Crippen LogP contribution < -0.4 is 9.64 Å². The summed E-state index contributed by atoms with van der Waals surface area (Å²) >= 11 is 0. The highest BCUT2D eigenvalue weighted by molar-refractivity contribution is 5.78. The number of carbonyl (C=O) groups excluding carboxylic acids is 1. The minimum atomic E-state index is 0.0632. The molecule has 4 heteroatoms. The van der Waals surface area contributed by atoms with Gasteiger partial charge in [-0.05, 0) is 56.5 Å². The van der Waals surface area contributed by atoms with Crippen LogP contribution >= 0.6 is 0 Å². The first-order valence-corrected chi connectivity index (χ1v) is 9.24. The number of hydrogen-bond acceptors (Lipinski definition) is 3. The number of carbonyl (C=O) groups is 1. The van der Waals surface area contributed by atoms with Crippen molar-refractivity contribution in [2.75, 3.05) is 37.7 Å². The molecule has 0 unspecified atom stereocenters. The molecule has 1 heterocycles. The van der Waals surface area contributed by atoms with Crippen LogP contribution in [-0.4, -0.2) is 43.6 Å². The van der Waals surface area contributed by atoms with E-state index in [1.165, 1.54) is 16.8 Å². The van der Waals surface area contributed by atoms with E-state index in [1.807, 2.05) is 18.7 Å². The SMILES string of the molecule is Cc1cccc(N2CCN(C(=O)COc3c(C)cc(C)cc3C)CC2)c1. The molecule has 3 rings (SSSR count). The van der Waals surface area contributed by atoms with E-state index in [2.05, 4.69) is 55.1 Å². The van der Waals surface area contributed by atoms with Gasteiger partial charge in [-0.1, -0.05) is 29.8 Å². The first-order valence-electron chi connectivity index (χ1n) is 9.24. The van der Waals surface area contributed by atoms with Gasteiger partial charge in [-0.15, -0.1) is 0 Å². The molecule has 138 valence electrons. The Labute approximate surface area is 156 Å². The Bertz CT molecular complexity index is 769. The lowest BCUT2D eigenvalue weighted by Gasteiger charge is -2.36. The molecule has 0 radical (unpaired) electrons. The van der Waals surface area contributed by atoms with E-state index in [0.717, 1.165) is 43.1 Å². The minimum Gasteiger partial charge on any atom is -0.483 e. The predicted molar refractivity (Wildman–Crippen MR) is 106 cm³/mol. The molecule has 2 aromatic carbocycles. The Morgan fingerprint density at radius 3 is 2.19 bits per heavy atom. The van der Waals surface area contributed by atoms with Crippen LogP contribution in [0.1, 0.15) is 22.3 Å². The molecule has 0 atom stereocenters. The molecule has 1 amide bonds. The van der Waals surface area contributed by atoms with E-state index in [0.29, 0.717) is 0 Å². The zero-order valence-corrected chi connectivity index (χ0v) is 16.2. The molecule has 0 saturated carbocycles. The van der Waals surface area contributed by atoms with E-state index in [9.17, 15) is 4.79 Å². The molecule has 0 bridgehead atoms. The quantitative estimate of drug-likeness (QED) is 0.842. The maximum Gasteiger partial charge on any atom is 0.260 e. The third-order valence-corrected chi connectivity index (χ3v) is 4.94. The second-order valence-corrected chi connectivity index (χ2v) is 7.22. The van der Waals surface area contributed by atoms with Gasteiger partial charge in [-0.2, -0.15) is 0 Å². The van der Waals surface area contributed by atoms with Gasteiger partial charge in [0.15, 0.2) is 6.61 Å². The van der Waals surface area contributed by atoms with Crippen LogP contribution in [0.25, 0.3) is 0 Å². The van der Waals surface area contributed by atoms with Crippen LogP contribution in [0.3, 0.4) is 0 Å². The molecule has 0 aromatic heterocycles. The molecular formula is C22H28N2O2. The number of aryl methyl sites for hydroxylation is 4. The number of piperazine rings is 1. The summed E-state index contributed by atoms with van der Waals surface area (Å²) < 4.78 is 5.86. The normalized spacial score (nSPS) is 14.5. The Morgan fingerprint density at radius 2 is 1.58 bits per heavy atom. The topological polar surface area (TPSA) is 32.8 Å². The lowest BCUT2D eigenvalue weighted by molar-refractivity contribution is -0.133. The fourth-order valence-electron chi connectivity index (χ4n) is 3.66. The summed E-state index contributed by atoms with van der Waals surface area (Å²) in [6.07, 6.45) is 0. The average Bonchev–Trinajstić information content (AvgIpc) is 2.61. The van der Waals surface area contributed by atoms with Crippen molar-refractivity contribution in [1.82, 2.24) is 4.90 Å². The second-order valence-electron chi connectivity index (χ2n) is 7.22. The van der Waals surface area contributed by atoms with Crippen LogP contribution in [0.15, 0.2) is 36.4 Å². The van der Waals surface area contributed by atoms with Gasteiger partial charge in [0.05, 0.1) is 0 Å². The standard InChI is InChI=1S/C22H28N2O2/c1-16-6-5-7-20(14-16)23-8-10-24(11-9-23)21(25)15-26-22-18(3)12-17(2)13-19(22)4/h5-7,12-14H,8-11,15H2,1-4H3. The zero-order valence-electron chi connectivity index (χ0n) is 16.2. The molecule has 0 spiro atoms. The van der Waals surface area contributed by atoms with Crippen LogP contribution in [-0.2, 0) is 4.79 Å². The summed E-state index contributed by atoms with van der Waals surface area (Å²) in [5.74, 6) is 0.899. The zero-order chi connectivity index (χ0) is 18.7. The molecule has 1 fully saturated rings.